The van der Waals surface area contributed by atoms with Gasteiger partial charge in [-0.25, -0.2) is 0 Å². The lowest BCUT2D eigenvalue weighted by Gasteiger charge is -2.48. The molecule has 0 bridgehead atoms. The maximum absolute atomic E-state index is 5.08. The number of rotatable bonds is 2. The molecule has 0 radical (unpaired) electrons. The standard InChI is InChI=1S/C7H15NO.C2H6/c1-7(6-9-3)4-5-8(7)2;1-2/h4-6H2,1-3H3;1-2H3/t7-;/m0./s1. The molecule has 0 N–H and O–H groups in total. The Bertz CT molecular complexity index is 106. The van der Waals surface area contributed by atoms with Crippen LogP contribution in [0.15, 0.2) is 0 Å². The SMILES string of the molecule is CC.COC[C@]1(C)CCN1C. The molecule has 0 aliphatic carbocycles. The molecule has 0 aromatic heterocycles. The summed E-state index contributed by atoms with van der Waals surface area (Å²) >= 11 is 0. The van der Waals surface area contributed by atoms with E-state index >= 15 is 0 Å². The van der Waals surface area contributed by atoms with Gasteiger partial charge in [0.05, 0.1) is 6.61 Å². The largest absolute Gasteiger partial charge is 0.383 e. The lowest BCUT2D eigenvalue weighted by Crippen LogP contribution is -2.58. The van der Waals surface area contributed by atoms with Crippen LogP contribution in [0.25, 0.3) is 0 Å². The van der Waals surface area contributed by atoms with E-state index in [4.69, 9.17) is 4.74 Å². The number of hydrogen-bond acceptors (Lipinski definition) is 2. The smallest absolute Gasteiger partial charge is 0.0644 e. The van der Waals surface area contributed by atoms with Gasteiger partial charge in [-0.1, -0.05) is 13.8 Å². The Morgan fingerprint density at radius 2 is 2.00 bits per heavy atom. The zero-order chi connectivity index (χ0) is 8.91. The number of hydrogen-bond donors (Lipinski definition) is 0. The van der Waals surface area contributed by atoms with Crippen LogP contribution in [0.5, 0.6) is 0 Å². The molecule has 68 valence electrons. The van der Waals surface area contributed by atoms with Gasteiger partial charge in [-0.3, -0.25) is 4.90 Å². The Morgan fingerprint density at radius 1 is 1.45 bits per heavy atom. The molecule has 2 heteroatoms. The average Bonchev–Trinajstić information content (AvgIpc) is 2.06. The molecule has 1 aliphatic rings. The first-order chi connectivity index (χ1) is 5.19. The molecule has 2 nitrogen and oxygen atoms in total. The fraction of sp³-hybridized carbons (Fsp3) is 1.00. The summed E-state index contributed by atoms with van der Waals surface area (Å²) in [6.07, 6.45) is 1.28. The van der Waals surface area contributed by atoms with Crippen LogP contribution in [0.4, 0.5) is 0 Å². The highest BCUT2D eigenvalue weighted by atomic mass is 16.5. The van der Waals surface area contributed by atoms with Crippen LogP contribution in [0.2, 0.25) is 0 Å². The van der Waals surface area contributed by atoms with E-state index < -0.39 is 0 Å². The molecule has 0 unspecified atom stereocenters. The lowest BCUT2D eigenvalue weighted by atomic mass is 9.89. The number of methoxy groups -OCH3 is 1. The van der Waals surface area contributed by atoms with Crippen LogP contribution >= 0.6 is 0 Å². The minimum absolute atomic E-state index is 0.342. The number of nitrogens with zero attached hydrogens (tertiary/aromatic N) is 1. The van der Waals surface area contributed by atoms with E-state index in [1.807, 2.05) is 13.8 Å². The molecule has 1 heterocycles. The predicted octanol–water partition coefficient (Wildman–Crippen LogP) is 1.75. The van der Waals surface area contributed by atoms with E-state index in [0.717, 1.165) is 6.61 Å². The highest BCUT2D eigenvalue weighted by molar-refractivity contribution is 4.93. The highest BCUT2D eigenvalue weighted by Crippen LogP contribution is 2.27. The van der Waals surface area contributed by atoms with Gasteiger partial charge in [-0.15, -0.1) is 0 Å². The summed E-state index contributed by atoms with van der Waals surface area (Å²) in [5.41, 5.74) is 0.342. The van der Waals surface area contributed by atoms with Gasteiger partial charge in [0.25, 0.3) is 0 Å². The molecule has 11 heavy (non-hydrogen) atoms. The molecule has 0 spiro atoms. The summed E-state index contributed by atoms with van der Waals surface area (Å²) in [6.45, 7) is 8.32. The Morgan fingerprint density at radius 3 is 2.09 bits per heavy atom. The number of likely N-dealkylation sites (tertiary alicyclic amines) is 1. The molecular formula is C9H21NO. The maximum Gasteiger partial charge on any atom is 0.0644 e. The second kappa shape index (κ2) is 4.73. The van der Waals surface area contributed by atoms with E-state index in [1.165, 1.54) is 13.0 Å². The van der Waals surface area contributed by atoms with Gasteiger partial charge in [0.2, 0.25) is 0 Å². The van der Waals surface area contributed by atoms with E-state index in [0.29, 0.717) is 5.54 Å². The molecule has 0 saturated carbocycles. The van der Waals surface area contributed by atoms with Crippen LogP contribution in [0, 0.1) is 0 Å². The van der Waals surface area contributed by atoms with Crippen molar-refractivity contribution < 1.29 is 4.74 Å². The summed E-state index contributed by atoms with van der Waals surface area (Å²) in [7, 11) is 3.90. The topological polar surface area (TPSA) is 12.5 Å². The summed E-state index contributed by atoms with van der Waals surface area (Å²) < 4.78 is 5.08. The van der Waals surface area contributed by atoms with Gasteiger partial charge in [-0.05, 0) is 20.4 Å². The Hall–Kier alpha value is -0.0800. The fourth-order valence-electron chi connectivity index (χ4n) is 1.21. The summed E-state index contributed by atoms with van der Waals surface area (Å²) in [6, 6.07) is 0. The van der Waals surface area contributed by atoms with Crippen LogP contribution in [0.3, 0.4) is 0 Å². The second-order valence-corrected chi connectivity index (χ2v) is 3.10. The van der Waals surface area contributed by atoms with Gasteiger partial charge in [-0.2, -0.15) is 0 Å². The number of likely N-dealkylation sites (N-methyl/N-ethyl adjacent to an activating group) is 1. The first kappa shape index (κ1) is 10.9. The van der Waals surface area contributed by atoms with Crippen LogP contribution in [-0.2, 0) is 4.74 Å². The normalized spacial score (nSPS) is 30.3. The van der Waals surface area contributed by atoms with Crippen molar-refractivity contribution in [1.82, 2.24) is 4.90 Å². The molecule has 0 aromatic carbocycles. The fourth-order valence-corrected chi connectivity index (χ4v) is 1.21. The summed E-state index contributed by atoms with van der Waals surface area (Å²) in [5, 5.41) is 0. The van der Waals surface area contributed by atoms with Crippen molar-refractivity contribution in [3.8, 4) is 0 Å². The first-order valence-corrected chi connectivity index (χ1v) is 4.39. The Kier molecular flexibility index (Phi) is 4.69. The second-order valence-electron chi connectivity index (χ2n) is 3.10. The van der Waals surface area contributed by atoms with Crippen molar-refractivity contribution in [3.05, 3.63) is 0 Å². The third kappa shape index (κ3) is 2.46. The Labute approximate surface area is 70.5 Å². The van der Waals surface area contributed by atoms with Crippen LogP contribution < -0.4 is 0 Å². The van der Waals surface area contributed by atoms with Crippen molar-refractivity contribution in [2.24, 2.45) is 0 Å². The van der Waals surface area contributed by atoms with Gasteiger partial charge < -0.3 is 4.74 Å². The molecular weight excluding hydrogens is 138 g/mol. The van der Waals surface area contributed by atoms with E-state index in [-0.39, 0.29) is 0 Å². The van der Waals surface area contributed by atoms with Crippen LogP contribution in [0.1, 0.15) is 27.2 Å². The van der Waals surface area contributed by atoms with Crippen molar-refractivity contribution in [2.45, 2.75) is 32.7 Å². The quantitative estimate of drug-likeness (QED) is 0.608. The minimum Gasteiger partial charge on any atom is -0.383 e. The third-order valence-electron chi connectivity index (χ3n) is 2.36. The Balaban J connectivity index is 0.000000461. The van der Waals surface area contributed by atoms with Crippen molar-refractivity contribution in [2.75, 3.05) is 27.3 Å². The highest BCUT2D eigenvalue weighted by Gasteiger charge is 2.37. The van der Waals surface area contributed by atoms with Crippen molar-refractivity contribution in [1.29, 1.82) is 0 Å². The van der Waals surface area contributed by atoms with Gasteiger partial charge >= 0.3 is 0 Å². The van der Waals surface area contributed by atoms with E-state index in [2.05, 4.69) is 18.9 Å². The maximum atomic E-state index is 5.08. The van der Waals surface area contributed by atoms with E-state index in [1.54, 1.807) is 7.11 Å². The van der Waals surface area contributed by atoms with Gasteiger partial charge in [0.15, 0.2) is 0 Å². The molecule has 0 aromatic rings. The van der Waals surface area contributed by atoms with E-state index in [9.17, 15) is 0 Å². The monoisotopic (exact) mass is 159 g/mol. The average molecular weight is 159 g/mol. The summed E-state index contributed by atoms with van der Waals surface area (Å²) in [4.78, 5) is 2.33. The van der Waals surface area contributed by atoms with Gasteiger partial charge in [0.1, 0.15) is 0 Å². The lowest BCUT2D eigenvalue weighted by molar-refractivity contribution is -0.0339. The third-order valence-corrected chi connectivity index (χ3v) is 2.36. The van der Waals surface area contributed by atoms with Crippen molar-refractivity contribution >= 4 is 0 Å². The van der Waals surface area contributed by atoms with Crippen molar-refractivity contribution in [3.63, 3.8) is 0 Å². The van der Waals surface area contributed by atoms with Gasteiger partial charge in [0, 0.05) is 19.2 Å². The van der Waals surface area contributed by atoms with Crippen LogP contribution in [-0.4, -0.2) is 37.7 Å². The minimum atomic E-state index is 0.342. The number of ether oxygens (including phenoxy) is 1. The molecule has 1 saturated heterocycles. The molecule has 1 atom stereocenters. The summed E-state index contributed by atoms with van der Waals surface area (Å²) in [5.74, 6) is 0. The zero-order valence-corrected chi connectivity index (χ0v) is 8.48. The zero-order valence-electron chi connectivity index (χ0n) is 8.48. The molecule has 0 amide bonds. The first-order valence-electron chi connectivity index (χ1n) is 4.39. The predicted molar refractivity (Wildman–Crippen MR) is 48.9 cm³/mol. The molecule has 1 aliphatic heterocycles. The molecule has 1 fully saturated rings. The molecule has 1 rings (SSSR count).